The van der Waals surface area contributed by atoms with Crippen molar-refractivity contribution in [3.63, 3.8) is 0 Å². The van der Waals surface area contributed by atoms with Gasteiger partial charge in [-0.1, -0.05) is 53.4 Å². The highest BCUT2D eigenvalue weighted by atomic mass is 32.2. The number of rotatable bonds is 10. The van der Waals surface area contributed by atoms with Crippen molar-refractivity contribution in [3.8, 4) is 0 Å². The first-order chi connectivity index (χ1) is 20.9. The van der Waals surface area contributed by atoms with Crippen LogP contribution in [0.2, 0.25) is 0 Å². The fraction of sp³-hybridized carbons (Fsp3) is 0.438. The fourth-order valence-corrected chi connectivity index (χ4v) is 8.20. The fourth-order valence-electron chi connectivity index (χ4n) is 6.35. The molecule has 0 spiro atoms. The van der Waals surface area contributed by atoms with Crippen LogP contribution in [0.5, 0.6) is 0 Å². The van der Waals surface area contributed by atoms with Crippen molar-refractivity contribution in [1.82, 2.24) is 9.97 Å². The monoisotopic (exact) mass is 640 g/mol. The second-order valence-electron chi connectivity index (χ2n) is 11.5. The van der Waals surface area contributed by atoms with Crippen LogP contribution in [0.1, 0.15) is 100 Å². The van der Waals surface area contributed by atoms with Crippen molar-refractivity contribution in [2.24, 2.45) is 9.98 Å². The van der Waals surface area contributed by atoms with E-state index in [0.717, 1.165) is 59.6 Å². The summed E-state index contributed by atoms with van der Waals surface area (Å²) < 4.78 is 72.7. The maximum atomic E-state index is 12.9. The Labute approximate surface area is 259 Å². The molecule has 10 nitrogen and oxygen atoms in total. The Balaban J connectivity index is 1.85. The van der Waals surface area contributed by atoms with Crippen LogP contribution in [-0.2, 0) is 45.9 Å². The number of H-pyrrole nitrogens is 2. The summed E-state index contributed by atoms with van der Waals surface area (Å²) in [4.78, 5) is 15.5. The number of hydrogen-bond acceptors (Lipinski definition) is 6. The number of nitrogens with one attached hydrogen (secondary N) is 2. The SMILES string of the molecule is CCCC1=CC2=N/C1=C\C=C1/N=C(C(S(=O)(=O)O)=C1CCC)c1[nH]c(c(CCC)c1S(=O)(=O)O)CCc1[nH]c2cc1CCC. The van der Waals surface area contributed by atoms with Gasteiger partial charge in [-0.15, -0.1) is 0 Å². The molecule has 0 saturated carbocycles. The molecule has 44 heavy (non-hydrogen) atoms. The molecule has 0 unspecified atom stereocenters. The predicted molar refractivity (Wildman–Crippen MR) is 173 cm³/mol. The first kappa shape index (κ1) is 32.1. The number of nitrogens with zero attached hydrogens (tertiary/aromatic N) is 2. The number of aromatic amines is 2. The van der Waals surface area contributed by atoms with Crippen molar-refractivity contribution in [2.45, 2.75) is 96.8 Å². The minimum absolute atomic E-state index is 0.135. The summed E-state index contributed by atoms with van der Waals surface area (Å²) in [5.41, 5.74) is 6.82. The van der Waals surface area contributed by atoms with E-state index in [4.69, 9.17) is 4.99 Å². The number of allylic oxidation sites excluding steroid dienone is 6. The summed E-state index contributed by atoms with van der Waals surface area (Å²) in [6.45, 7) is 7.98. The van der Waals surface area contributed by atoms with Gasteiger partial charge in [0.05, 0.1) is 28.5 Å². The standard InChI is InChI=1S/C32H40N4O6S2/c1-5-9-19-17-27-28-18-20(10-6-2)24(34-28)14-16-26-22(12-8-4)32(44(40,41)42)30(36-26)29-31(43(37,38)39)21(11-7-3)25(35-29)15-13-23(19)33-27/h13,15,17-18,34,36H,5-12,14,16H2,1-4H3,(H,37,38,39)(H,40,41,42)/b23-13-,25-15-. The predicted octanol–water partition coefficient (Wildman–Crippen LogP) is 6.34. The zero-order valence-electron chi connectivity index (χ0n) is 25.6. The van der Waals surface area contributed by atoms with Crippen molar-refractivity contribution in [3.05, 3.63) is 85.6 Å². The van der Waals surface area contributed by atoms with E-state index in [1.165, 1.54) is 0 Å². The molecule has 236 valence electrons. The van der Waals surface area contributed by atoms with E-state index in [1.54, 1.807) is 12.2 Å². The van der Waals surface area contributed by atoms with Gasteiger partial charge in [-0.3, -0.25) is 9.11 Å². The molecule has 3 aliphatic rings. The molecule has 5 rings (SSSR count). The van der Waals surface area contributed by atoms with E-state index in [2.05, 4.69) is 41.0 Å². The summed E-state index contributed by atoms with van der Waals surface area (Å²) in [5, 5.41) is 0. The summed E-state index contributed by atoms with van der Waals surface area (Å²) >= 11 is 0. The van der Waals surface area contributed by atoms with E-state index >= 15 is 0 Å². The molecule has 2 aromatic heterocycles. The number of aryl methyl sites for hydroxylation is 3. The second kappa shape index (κ2) is 12.6. The molecular weight excluding hydrogens is 601 g/mol. The number of hydrogen-bond donors (Lipinski definition) is 4. The molecule has 0 aliphatic carbocycles. The second-order valence-corrected chi connectivity index (χ2v) is 14.2. The van der Waals surface area contributed by atoms with E-state index in [1.807, 2.05) is 13.8 Å². The Morgan fingerprint density at radius 2 is 1.43 bits per heavy atom. The van der Waals surface area contributed by atoms with Crippen molar-refractivity contribution in [2.75, 3.05) is 0 Å². The van der Waals surface area contributed by atoms with Gasteiger partial charge in [0.15, 0.2) is 0 Å². The minimum atomic E-state index is -4.85. The molecular formula is C32H40N4O6S2. The number of fused-ring (bicyclic) bond motifs is 8. The third kappa shape index (κ3) is 6.13. The Morgan fingerprint density at radius 3 is 2.07 bits per heavy atom. The van der Waals surface area contributed by atoms with Crippen LogP contribution >= 0.6 is 0 Å². The first-order valence-corrected chi connectivity index (χ1v) is 18.2. The van der Waals surface area contributed by atoms with Crippen molar-refractivity contribution >= 4 is 31.7 Å². The van der Waals surface area contributed by atoms with Crippen LogP contribution in [0.3, 0.4) is 0 Å². The molecule has 5 heterocycles. The quantitative estimate of drug-likeness (QED) is 0.221. The molecule has 2 aromatic rings. The average Bonchev–Trinajstić information content (AvgIpc) is 3.70. The maximum Gasteiger partial charge on any atom is 0.297 e. The van der Waals surface area contributed by atoms with Gasteiger partial charge in [0.2, 0.25) is 0 Å². The lowest BCUT2D eigenvalue weighted by atomic mass is 10.0. The highest BCUT2D eigenvalue weighted by Gasteiger charge is 2.38. The van der Waals surface area contributed by atoms with Gasteiger partial charge in [0, 0.05) is 17.0 Å². The van der Waals surface area contributed by atoms with Crippen LogP contribution in [-0.4, -0.2) is 47.3 Å². The van der Waals surface area contributed by atoms with Crippen molar-refractivity contribution in [1.29, 1.82) is 0 Å². The lowest BCUT2D eigenvalue weighted by molar-refractivity contribution is 0.481. The van der Waals surface area contributed by atoms with Crippen LogP contribution in [0, 0.1) is 0 Å². The van der Waals surface area contributed by atoms with E-state index < -0.39 is 30.0 Å². The molecule has 0 fully saturated rings. The molecule has 0 aromatic carbocycles. The zero-order valence-corrected chi connectivity index (χ0v) is 27.3. The topological polar surface area (TPSA) is 165 Å². The highest BCUT2D eigenvalue weighted by Crippen LogP contribution is 2.38. The molecule has 0 amide bonds. The lowest BCUT2D eigenvalue weighted by Gasteiger charge is -2.08. The van der Waals surface area contributed by atoms with Gasteiger partial charge in [-0.25, -0.2) is 9.98 Å². The number of aliphatic imine (C=N–C) groups is 2. The van der Waals surface area contributed by atoms with Gasteiger partial charge >= 0.3 is 0 Å². The van der Waals surface area contributed by atoms with Crippen LogP contribution in [0.4, 0.5) is 0 Å². The molecule has 0 atom stereocenters. The van der Waals surface area contributed by atoms with E-state index in [0.29, 0.717) is 43.4 Å². The Morgan fingerprint density at radius 1 is 0.773 bits per heavy atom. The zero-order chi connectivity index (χ0) is 31.8. The first-order valence-electron chi connectivity index (χ1n) is 15.3. The van der Waals surface area contributed by atoms with Gasteiger partial charge in [-0.2, -0.15) is 16.8 Å². The summed E-state index contributed by atoms with van der Waals surface area (Å²) in [6.07, 6.45) is 11.7. The van der Waals surface area contributed by atoms with Gasteiger partial charge in [0.1, 0.15) is 15.5 Å². The van der Waals surface area contributed by atoms with Crippen LogP contribution < -0.4 is 0 Å². The smallest absolute Gasteiger partial charge is 0.297 e. The third-order valence-electron chi connectivity index (χ3n) is 8.14. The molecule has 3 aliphatic heterocycles. The molecule has 4 N–H and O–H groups in total. The molecule has 12 heteroatoms. The summed E-state index contributed by atoms with van der Waals surface area (Å²) in [7, 11) is -9.67. The Hall–Kier alpha value is -3.32. The van der Waals surface area contributed by atoms with Gasteiger partial charge in [0.25, 0.3) is 20.2 Å². The van der Waals surface area contributed by atoms with Crippen LogP contribution in [0.25, 0.3) is 0 Å². The largest absolute Gasteiger partial charge is 0.357 e. The summed E-state index contributed by atoms with van der Waals surface area (Å²) in [5.74, 6) is 0. The average molecular weight is 641 g/mol. The number of aromatic nitrogens is 2. The highest BCUT2D eigenvalue weighted by molar-refractivity contribution is 7.91. The molecule has 0 saturated heterocycles. The van der Waals surface area contributed by atoms with Crippen molar-refractivity contribution < 1.29 is 25.9 Å². The Kier molecular flexibility index (Phi) is 9.18. The maximum absolute atomic E-state index is 12.9. The molecule has 0 radical (unpaired) electrons. The lowest BCUT2D eigenvalue weighted by Crippen LogP contribution is -2.16. The third-order valence-corrected chi connectivity index (χ3v) is 10.1. The van der Waals surface area contributed by atoms with Gasteiger partial charge in [-0.05, 0) is 79.5 Å². The van der Waals surface area contributed by atoms with E-state index in [-0.39, 0.29) is 29.1 Å². The normalized spacial score (nSPS) is 19.4. The molecule has 8 bridgehead atoms. The van der Waals surface area contributed by atoms with E-state index in [9.17, 15) is 25.9 Å². The minimum Gasteiger partial charge on any atom is -0.357 e. The van der Waals surface area contributed by atoms with Crippen LogP contribution in [0.15, 0.2) is 66.6 Å². The Bertz CT molecular complexity index is 1900. The van der Waals surface area contributed by atoms with Gasteiger partial charge < -0.3 is 9.97 Å². The summed E-state index contributed by atoms with van der Waals surface area (Å²) in [6, 6.07) is 2.14.